The van der Waals surface area contributed by atoms with E-state index in [0.29, 0.717) is 12.4 Å². The third-order valence-electron chi connectivity index (χ3n) is 6.40. The SMILES string of the molecule is CN1CC2=C(OC(N)=C(CN)C2c2ccc(N(C)C)cc2)/C(=C/c2ccc(N(C)C)cc2)C1. The summed E-state index contributed by atoms with van der Waals surface area (Å²) < 4.78 is 6.25. The normalized spacial score (nSPS) is 20.1. The second kappa shape index (κ2) is 9.33. The van der Waals surface area contributed by atoms with Crippen LogP contribution in [0.4, 0.5) is 11.4 Å². The molecule has 4 rings (SSSR count). The number of hydrogen-bond acceptors (Lipinski definition) is 6. The van der Waals surface area contributed by atoms with Crippen LogP contribution < -0.4 is 21.3 Å². The lowest BCUT2D eigenvalue weighted by Gasteiger charge is -2.38. The van der Waals surface area contributed by atoms with Crippen molar-refractivity contribution in [2.45, 2.75) is 5.92 Å². The molecule has 33 heavy (non-hydrogen) atoms. The molecule has 2 aromatic rings. The number of hydrogen-bond donors (Lipinski definition) is 2. The van der Waals surface area contributed by atoms with E-state index in [2.05, 4.69) is 76.4 Å². The van der Waals surface area contributed by atoms with Gasteiger partial charge >= 0.3 is 0 Å². The number of anilines is 2. The van der Waals surface area contributed by atoms with Crippen molar-refractivity contribution in [1.82, 2.24) is 4.90 Å². The zero-order valence-electron chi connectivity index (χ0n) is 20.3. The van der Waals surface area contributed by atoms with Gasteiger partial charge in [0.2, 0.25) is 0 Å². The summed E-state index contributed by atoms with van der Waals surface area (Å²) in [5.41, 5.74) is 20.6. The van der Waals surface area contributed by atoms with Crippen molar-refractivity contribution in [2.24, 2.45) is 11.5 Å². The van der Waals surface area contributed by atoms with Crippen LogP contribution in [0.1, 0.15) is 17.0 Å². The molecule has 2 aromatic carbocycles. The standard InChI is InChI=1S/C27H35N5O/c1-30(2)21-10-6-18(7-11-21)14-20-16-32(5)17-24-25(23(15-28)27(29)33-26(20)24)19-8-12-22(13-9-19)31(3)4/h6-14,25H,15-17,28-29H2,1-5H3/b20-14+. The van der Waals surface area contributed by atoms with E-state index in [1.54, 1.807) is 0 Å². The van der Waals surface area contributed by atoms with Crippen LogP contribution in [0.2, 0.25) is 0 Å². The van der Waals surface area contributed by atoms with Crippen LogP contribution in [-0.2, 0) is 4.74 Å². The minimum Gasteiger partial charge on any atom is -0.441 e. The molecule has 2 heterocycles. The van der Waals surface area contributed by atoms with E-state index in [9.17, 15) is 0 Å². The summed E-state index contributed by atoms with van der Waals surface area (Å²) in [6.07, 6.45) is 2.21. The highest BCUT2D eigenvalue weighted by Crippen LogP contribution is 2.43. The molecule has 0 radical (unpaired) electrons. The van der Waals surface area contributed by atoms with E-state index in [1.165, 1.54) is 16.8 Å². The van der Waals surface area contributed by atoms with E-state index in [4.69, 9.17) is 16.2 Å². The minimum atomic E-state index is 0.0113. The van der Waals surface area contributed by atoms with Crippen molar-refractivity contribution in [3.63, 3.8) is 0 Å². The Morgan fingerprint density at radius 2 is 1.52 bits per heavy atom. The Morgan fingerprint density at radius 1 is 0.939 bits per heavy atom. The molecule has 6 nitrogen and oxygen atoms in total. The molecule has 2 aliphatic rings. The monoisotopic (exact) mass is 445 g/mol. The summed E-state index contributed by atoms with van der Waals surface area (Å²) >= 11 is 0. The summed E-state index contributed by atoms with van der Waals surface area (Å²) in [6.45, 7) is 1.96. The molecule has 6 heteroatoms. The van der Waals surface area contributed by atoms with Crippen LogP contribution in [0.25, 0.3) is 6.08 Å². The lowest BCUT2D eigenvalue weighted by Crippen LogP contribution is -2.37. The van der Waals surface area contributed by atoms with Gasteiger partial charge in [0.1, 0.15) is 5.76 Å². The first-order valence-corrected chi connectivity index (χ1v) is 11.3. The van der Waals surface area contributed by atoms with Gasteiger partial charge in [0, 0.05) is 76.3 Å². The van der Waals surface area contributed by atoms with Crippen LogP contribution in [0.15, 0.2) is 76.9 Å². The van der Waals surface area contributed by atoms with Gasteiger partial charge in [-0.2, -0.15) is 0 Å². The maximum atomic E-state index is 6.43. The van der Waals surface area contributed by atoms with Crippen molar-refractivity contribution < 1.29 is 4.74 Å². The highest BCUT2D eigenvalue weighted by atomic mass is 16.5. The minimum absolute atomic E-state index is 0.0113. The molecule has 0 saturated carbocycles. The largest absolute Gasteiger partial charge is 0.441 e. The van der Waals surface area contributed by atoms with E-state index in [1.807, 2.05) is 28.2 Å². The third-order valence-corrected chi connectivity index (χ3v) is 6.40. The van der Waals surface area contributed by atoms with Gasteiger partial charge in [0.15, 0.2) is 5.88 Å². The van der Waals surface area contributed by atoms with Gasteiger partial charge in [-0.1, -0.05) is 24.3 Å². The van der Waals surface area contributed by atoms with Crippen LogP contribution in [0.5, 0.6) is 0 Å². The van der Waals surface area contributed by atoms with Gasteiger partial charge in [-0.25, -0.2) is 0 Å². The quantitative estimate of drug-likeness (QED) is 0.736. The molecule has 0 fully saturated rings. The summed E-state index contributed by atoms with van der Waals surface area (Å²) in [4.78, 5) is 6.52. The summed E-state index contributed by atoms with van der Waals surface area (Å²) in [7, 11) is 10.3. The van der Waals surface area contributed by atoms with E-state index < -0.39 is 0 Å². The van der Waals surface area contributed by atoms with Gasteiger partial charge < -0.3 is 26.0 Å². The first kappa shape index (κ1) is 23.0. The molecule has 0 saturated heterocycles. The number of likely N-dealkylation sites (N-methyl/N-ethyl adjacent to an activating group) is 1. The molecular weight excluding hydrogens is 410 g/mol. The lowest BCUT2D eigenvalue weighted by atomic mass is 9.79. The van der Waals surface area contributed by atoms with Gasteiger partial charge in [0.05, 0.1) is 0 Å². The highest BCUT2D eigenvalue weighted by Gasteiger charge is 2.36. The predicted octanol–water partition coefficient (Wildman–Crippen LogP) is 3.34. The van der Waals surface area contributed by atoms with Crippen LogP contribution in [0.3, 0.4) is 0 Å². The fourth-order valence-electron chi connectivity index (χ4n) is 4.64. The Kier molecular flexibility index (Phi) is 6.49. The van der Waals surface area contributed by atoms with Gasteiger partial charge in [0.25, 0.3) is 0 Å². The molecule has 0 amide bonds. The average molecular weight is 446 g/mol. The Balaban J connectivity index is 1.78. The summed E-state index contributed by atoms with van der Waals surface area (Å²) in [6, 6.07) is 17.2. The van der Waals surface area contributed by atoms with Crippen molar-refractivity contribution in [1.29, 1.82) is 0 Å². The zero-order chi connectivity index (χ0) is 23.7. The first-order chi connectivity index (χ1) is 15.8. The number of nitrogens with two attached hydrogens (primary N) is 2. The Morgan fingerprint density at radius 3 is 2.06 bits per heavy atom. The Hall–Kier alpha value is -3.22. The number of benzene rings is 2. The van der Waals surface area contributed by atoms with Gasteiger partial charge in [-0.15, -0.1) is 0 Å². The molecule has 1 atom stereocenters. The van der Waals surface area contributed by atoms with Crippen LogP contribution in [-0.4, -0.2) is 59.8 Å². The summed E-state index contributed by atoms with van der Waals surface area (Å²) in [5, 5.41) is 0. The maximum Gasteiger partial charge on any atom is 0.192 e. The summed E-state index contributed by atoms with van der Waals surface area (Å²) in [5.74, 6) is 1.33. The Bertz CT molecular complexity index is 1090. The van der Waals surface area contributed by atoms with Crippen LogP contribution in [0, 0.1) is 0 Å². The molecule has 0 aliphatic carbocycles. The zero-order valence-corrected chi connectivity index (χ0v) is 20.3. The van der Waals surface area contributed by atoms with Crippen molar-refractivity contribution in [3.8, 4) is 0 Å². The lowest BCUT2D eigenvalue weighted by molar-refractivity contribution is 0.248. The molecule has 0 bridgehead atoms. The molecule has 1 unspecified atom stereocenters. The number of rotatable bonds is 5. The van der Waals surface area contributed by atoms with Crippen molar-refractivity contribution in [3.05, 3.63) is 88.0 Å². The van der Waals surface area contributed by atoms with Crippen molar-refractivity contribution in [2.75, 3.05) is 64.7 Å². The van der Waals surface area contributed by atoms with Crippen molar-refractivity contribution >= 4 is 17.5 Å². The Labute approximate surface area is 197 Å². The van der Waals surface area contributed by atoms with Gasteiger partial charge in [-0.05, 0) is 54.1 Å². The first-order valence-electron chi connectivity index (χ1n) is 11.3. The van der Waals surface area contributed by atoms with E-state index in [-0.39, 0.29) is 5.92 Å². The molecule has 0 spiro atoms. The van der Waals surface area contributed by atoms with E-state index >= 15 is 0 Å². The van der Waals surface area contributed by atoms with E-state index in [0.717, 1.165) is 41.2 Å². The molecule has 0 aromatic heterocycles. The van der Waals surface area contributed by atoms with Crippen LogP contribution >= 0.6 is 0 Å². The topological polar surface area (TPSA) is 71.0 Å². The molecule has 4 N–H and O–H groups in total. The molecular formula is C27H35N5O. The fraction of sp³-hybridized carbons (Fsp3) is 0.333. The molecule has 2 aliphatic heterocycles. The number of ether oxygens (including phenoxy) is 1. The smallest absolute Gasteiger partial charge is 0.192 e. The number of nitrogens with zero attached hydrogens (tertiary/aromatic N) is 3. The average Bonchev–Trinajstić information content (AvgIpc) is 2.79. The maximum absolute atomic E-state index is 6.43. The molecule has 174 valence electrons. The third kappa shape index (κ3) is 4.63. The second-order valence-electron chi connectivity index (χ2n) is 9.30. The fourth-order valence-corrected chi connectivity index (χ4v) is 4.64. The predicted molar refractivity (Wildman–Crippen MR) is 138 cm³/mol. The van der Waals surface area contributed by atoms with Gasteiger partial charge in [-0.3, -0.25) is 4.90 Å². The highest BCUT2D eigenvalue weighted by molar-refractivity contribution is 5.64. The second-order valence-corrected chi connectivity index (χ2v) is 9.30.